The van der Waals surface area contributed by atoms with Crippen LogP contribution >= 0.6 is 0 Å². The molecule has 0 aliphatic carbocycles. The van der Waals surface area contributed by atoms with Gasteiger partial charge in [0, 0.05) is 19.2 Å². The molecule has 0 radical (unpaired) electrons. The van der Waals surface area contributed by atoms with E-state index in [0.29, 0.717) is 0 Å². The van der Waals surface area contributed by atoms with Crippen molar-refractivity contribution in [1.82, 2.24) is 15.0 Å². The van der Waals surface area contributed by atoms with E-state index >= 15 is 0 Å². The Hall–Kier alpha value is -1.42. The van der Waals surface area contributed by atoms with Gasteiger partial charge in [-0.1, -0.05) is 0 Å². The molecule has 0 bridgehead atoms. The number of hydrogen-bond acceptors (Lipinski definition) is 3. The third kappa shape index (κ3) is 1.67. The minimum Gasteiger partial charge on any atom is -0.396 e. The van der Waals surface area contributed by atoms with Gasteiger partial charge in [-0.15, -0.1) is 0 Å². The molecule has 2 N–H and O–H groups in total. The number of hydrogen-bond donors (Lipinski definition) is 2. The Morgan fingerprint density at radius 1 is 1.46 bits per heavy atom. The molecule has 0 amide bonds. The van der Waals surface area contributed by atoms with Gasteiger partial charge in [0.2, 0.25) is 0 Å². The number of aliphatic hydroxyl groups is 1. The molecular weight excluding hydrogens is 166 g/mol. The fourth-order valence-electron chi connectivity index (χ4n) is 1.26. The molecule has 2 aromatic heterocycles. The second-order valence-electron chi connectivity index (χ2n) is 2.89. The molecule has 0 spiro atoms. The summed E-state index contributed by atoms with van der Waals surface area (Å²) in [4.78, 5) is 11.5. The maximum atomic E-state index is 8.65. The highest BCUT2D eigenvalue weighted by Crippen LogP contribution is 2.08. The number of aromatic nitrogens is 3. The van der Waals surface area contributed by atoms with E-state index in [-0.39, 0.29) is 6.61 Å². The molecule has 0 fully saturated rings. The molecular formula is C9H11N3O. The van der Waals surface area contributed by atoms with Gasteiger partial charge in [0.05, 0.1) is 5.52 Å². The van der Waals surface area contributed by atoms with Crippen molar-refractivity contribution in [3.8, 4) is 0 Å². The lowest BCUT2D eigenvalue weighted by Gasteiger charge is -1.90. The highest BCUT2D eigenvalue weighted by atomic mass is 16.2. The molecule has 0 atom stereocenters. The summed E-state index contributed by atoms with van der Waals surface area (Å²) in [6.07, 6.45) is 3.23. The van der Waals surface area contributed by atoms with Crippen molar-refractivity contribution in [1.29, 1.82) is 0 Å². The molecule has 0 saturated heterocycles. The van der Waals surface area contributed by atoms with E-state index in [0.717, 1.165) is 29.8 Å². The molecule has 68 valence electrons. The zero-order valence-electron chi connectivity index (χ0n) is 7.20. The lowest BCUT2D eigenvalue weighted by atomic mass is 10.3. The summed E-state index contributed by atoms with van der Waals surface area (Å²) in [7, 11) is 0. The van der Waals surface area contributed by atoms with Gasteiger partial charge in [0.1, 0.15) is 5.82 Å². The van der Waals surface area contributed by atoms with Gasteiger partial charge >= 0.3 is 0 Å². The number of aliphatic hydroxyl groups excluding tert-OH is 1. The largest absolute Gasteiger partial charge is 0.396 e. The topological polar surface area (TPSA) is 61.8 Å². The second-order valence-corrected chi connectivity index (χ2v) is 2.89. The lowest BCUT2D eigenvalue weighted by Crippen LogP contribution is -1.90. The van der Waals surface area contributed by atoms with Crippen LogP contribution in [-0.2, 0) is 6.42 Å². The summed E-state index contributed by atoms with van der Waals surface area (Å²) < 4.78 is 0. The van der Waals surface area contributed by atoms with Gasteiger partial charge in [-0.05, 0) is 18.6 Å². The van der Waals surface area contributed by atoms with Gasteiger partial charge in [-0.25, -0.2) is 9.97 Å². The first kappa shape index (κ1) is 8.19. The summed E-state index contributed by atoms with van der Waals surface area (Å²) in [6.45, 7) is 0.199. The van der Waals surface area contributed by atoms with E-state index in [1.807, 2.05) is 12.1 Å². The van der Waals surface area contributed by atoms with Crippen molar-refractivity contribution >= 4 is 11.2 Å². The maximum Gasteiger partial charge on any atom is 0.177 e. The minimum atomic E-state index is 0.199. The quantitative estimate of drug-likeness (QED) is 0.731. The van der Waals surface area contributed by atoms with Crippen LogP contribution in [0.15, 0.2) is 18.3 Å². The number of aryl methyl sites for hydroxylation is 1. The summed E-state index contributed by atoms with van der Waals surface area (Å²) >= 11 is 0. The van der Waals surface area contributed by atoms with Crippen LogP contribution in [0.3, 0.4) is 0 Å². The standard InChI is InChI=1S/C9H11N3O/c13-6-2-4-8-11-7-3-1-5-10-9(7)12-8/h1,3,5,13H,2,4,6H2,(H,10,11,12). The number of nitrogens with zero attached hydrogens (tertiary/aromatic N) is 2. The molecule has 2 rings (SSSR count). The molecule has 0 saturated carbocycles. The summed E-state index contributed by atoms with van der Waals surface area (Å²) in [5, 5.41) is 8.65. The SMILES string of the molecule is OCCCc1nc2ncccc2[nH]1. The van der Waals surface area contributed by atoms with Crippen LogP contribution in [0.1, 0.15) is 12.2 Å². The van der Waals surface area contributed by atoms with E-state index in [1.165, 1.54) is 0 Å². The Labute approximate surface area is 75.7 Å². The Balaban J connectivity index is 2.28. The second kappa shape index (κ2) is 3.53. The van der Waals surface area contributed by atoms with Crippen LogP contribution in [0.4, 0.5) is 0 Å². The Morgan fingerprint density at radius 3 is 3.15 bits per heavy atom. The predicted molar refractivity (Wildman–Crippen MR) is 49.3 cm³/mol. The minimum absolute atomic E-state index is 0.199. The van der Waals surface area contributed by atoms with Gasteiger partial charge in [-0.3, -0.25) is 0 Å². The molecule has 0 aliphatic rings. The Morgan fingerprint density at radius 2 is 2.38 bits per heavy atom. The summed E-state index contributed by atoms with van der Waals surface area (Å²) in [6, 6.07) is 3.81. The van der Waals surface area contributed by atoms with Crippen LogP contribution in [0.25, 0.3) is 11.2 Å². The third-order valence-electron chi connectivity index (χ3n) is 1.88. The van der Waals surface area contributed by atoms with Gasteiger partial charge in [-0.2, -0.15) is 0 Å². The first-order valence-corrected chi connectivity index (χ1v) is 4.30. The van der Waals surface area contributed by atoms with Crippen LogP contribution < -0.4 is 0 Å². The molecule has 0 unspecified atom stereocenters. The fraction of sp³-hybridized carbons (Fsp3) is 0.333. The van der Waals surface area contributed by atoms with Crippen molar-refractivity contribution in [2.45, 2.75) is 12.8 Å². The van der Waals surface area contributed by atoms with Gasteiger partial charge in [0.15, 0.2) is 5.65 Å². The zero-order chi connectivity index (χ0) is 9.10. The normalized spacial score (nSPS) is 10.8. The Bertz CT molecular complexity index is 363. The number of imidazole rings is 1. The van der Waals surface area contributed by atoms with Crippen LogP contribution in [-0.4, -0.2) is 26.7 Å². The molecule has 0 aromatic carbocycles. The Kier molecular flexibility index (Phi) is 2.23. The first-order chi connectivity index (χ1) is 6.40. The molecule has 2 heterocycles. The maximum absolute atomic E-state index is 8.65. The first-order valence-electron chi connectivity index (χ1n) is 4.30. The molecule has 4 heteroatoms. The van der Waals surface area contributed by atoms with Crippen LogP contribution in [0.5, 0.6) is 0 Å². The van der Waals surface area contributed by atoms with E-state index in [1.54, 1.807) is 6.20 Å². The fourth-order valence-corrected chi connectivity index (χ4v) is 1.26. The summed E-state index contributed by atoms with van der Waals surface area (Å²) in [5.74, 6) is 0.891. The number of pyridine rings is 1. The predicted octanol–water partition coefficient (Wildman–Crippen LogP) is 0.883. The van der Waals surface area contributed by atoms with E-state index in [9.17, 15) is 0 Å². The smallest absolute Gasteiger partial charge is 0.177 e. The number of rotatable bonds is 3. The van der Waals surface area contributed by atoms with E-state index in [4.69, 9.17) is 5.11 Å². The molecule has 2 aromatic rings. The number of H-pyrrole nitrogens is 1. The molecule has 4 nitrogen and oxygen atoms in total. The van der Waals surface area contributed by atoms with Gasteiger partial charge in [0.25, 0.3) is 0 Å². The highest BCUT2D eigenvalue weighted by Gasteiger charge is 2.01. The highest BCUT2D eigenvalue weighted by molar-refractivity contribution is 5.69. The molecule has 0 aliphatic heterocycles. The third-order valence-corrected chi connectivity index (χ3v) is 1.88. The van der Waals surface area contributed by atoms with Crippen LogP contribution in [0.2, 0.25) is 0 Å². The van der Waals surface area contributed by atoms with Crippen LogP contribution in [0, 0.1) is 0 Å². The number of aromatic amines is 1. The molecule has 13 heavy (non-hydrogen) atoms. The average molecular weight is 177 g/mol. The van der Waals surface area contributed by atoms with E-state index in [2.05, 4.69) is 15.0 Å². The zero-order valence-corrected chi connectivity index (χ0v) is 7.20. The average Bonchev–Trinajstić information content (AvgIpc) is 2.57. The van der Waals surface area contributed by atoms with Crippen molar-refractivity contribution in [2.75, 3.05) is 6.61 Å². The number of nitrogens with one attached hydrogen (secondary N) is 1. The van der Waals surface area contributed by atoms with Crippen molar-refractivity contribution in [2.24, 2.45) is 0 Å². The van der Waals surface area contributed by atoms with Crippen molar-refractivity contribution in [3.63, 3.8) is 0 Å². The van der Waals surface area contributed by atoms with Crippen molar-refractivity contribution < 1.29 is 5.11 Å². The van der Waals surface area contributed by atoms with Gasteiger partial charge < -0.3 is 10.1 Å². The number of fused-ring (bicyclic) bond motifs is 1. The van der Waals surface area contributed by atoms with Crippen molar-refractivity contribution in [3.05, 3.63) is 24.2 Å². The van der Waals surface area contributed by atoms with E-state index < -0.39 is 0 Å². The monoisotopic (exact) mass is 177 g/mol. The summed E-state index contributed by atoms with van der Waals surface area (Å²) in [5.41, 5.74) is 1.70. The lowest BCUT2D eigenvalue weighted by molar-refractivity contribution is 0.287.